The number of hydrogen-bond donors (Lipinski definition) is 1. The van der Waals surface area contributed by atoms with Crippen molar-refractivity contribution in [2.45, 2.75) is 45.1 Å². The fraction of sp³-hybridized carbons (Fsp3) is 0.529. The Balaban J connectivity index is 2.26. The second-order valence-electron chi connectivity index (χ2n) is 5.86. The highest BCUT2D eigenvalue weighted by Gasteiger charge is 2.38. The van der Waals surface area contributed by atoms with Crippen LogP contribution in [0.25, 0.3) is 0 Å². The first-order valence-electron chi connectivity index (χ1n) is 7.61. The van der Waals surface area contributed by atoms with Crippen molar-refractivity contribution in [3.63, 3.8) is 0 Å². The topological polar surface area (TPSA) is 57.6 Å². The molecule has 4 nitrogen and oxygen atoms in total. The van der Waals surface area contributed by atoms with E-state index in [9.17, 15) is 9.59 Å². The van der Waals surface area contributed by atoms with E-state index in [1.54, 1.807) is 4.90 Å². The normalized spacial score (nSPS) is 17.0. The van der Waals surface area contributed by atoms with Crippen LogP contribution in [0.5, 0.6) is 0 Å². The third-order valence-corrected chi connectivity index (χ3v) is 4.21. The zero-order chi connectivity index (χ0) is 15.4. The monoisotopic (exact) mass is 289 g/mol. The molecule has 1 aliphatic carbocycles. The second kappa shape index (κ2) is 6.74. The standard InChI is InChI=1S/C17H23NO3/c1-3-12(2)16(13-7-5-4-6-8-13)17(21)18(11-15(19)20)14-9-10-14/h4-8,12,14,16H,3,9-11H2,1-2H3,(H,19,20). The SMILES string of the molecule is CCC(C)C(C(=O)N(CC(=O)O)C1CC1)c1ccccc1. The van der Waals surface area contributed by atoms with Crippen LogP contribution in [0.2, 0.25) is 0 Å². The average Bonchev–Trinajstić information content (AvgIpc) is 3.30. The van der Waals surface area contributed by atoms with Crippen LogP contribution in [0.4, 0.5) is 0 Å². The largest absolute Gasteiger partial charge is 0.480 e. The lowest BCUT2D eigenvalue weighted by atomic mass is 9.84. The fourth-order valence-corrected chi connectivity index (χ4v) is 2.71. The van der Waals surface area contributed by atoms with E-state index in [4.69, 9.17) is 5.11 Å². The minimum atomic E-state index is -0.939. The summed E-state index contributed by atoms with van der Waals surface area (Å²) < 4.78 is 0. The number of amides is 1. The molecule has 2 atom stereocenters. The summed E-state index contributed by atoms with van der Waals surface area (Å²) in [7, 11) is 0. The van der Waals surface area contributed by atoms with Crippen LogP contribution in [0.1, 0.15) is 44.6 Å². The highest BCUT2D eigenvalue weighted by atomic mass is 16.4. The van der Waals surface area contributed by atoms with Crippen LogP contribution in [0.15, 0.2) is 30.3 Å². The van der Waals surface area contributed by atoms with Crippen molar-refractivity contribution in [2.24, 2.45) is 5.92 Å². The zero-order valence-corrected chi connectivity index (χ0v) is 12.7. The smallest absolute Gasteiger partial charge is 0.323 e. The van der Waals surface area contributed by atoms with Gasteiger partial charge in [-0.3, -0.25) is 9.59 Å². The first-order chi connectivity index (χ1) is 10.0. The summed E-state index contributed by atoms with van der Waals surface area (Å²) in [6.07, 6.45) is 2.72. The van der Waals surface area contributed by atoms with Crippen LogP contribution in [0.3, 0.4) is 0 Å². The van der Waals surface area contributed by atoms with Gasteiger partial charge in [0, 0.05) is 6.04 Å². The van der Waals surface area contributed by atoms with E-state index < -0.39 is 5.97 Å². The zero-order valence-electron chi connectivity index (χ0n) is 12.7. The van der Waals surface area contributed by atoms with Gasteiger partial charge in [0.15, 0.2) is 0 Å². The number of hydrogen-bond acceptors (Lipinski definition) is 2. The Bertz CT molecular complexity index is 496. The highest BCUT2D eigenvalue weighted by Crippen LogP contribution is 2.34. The summed E-state index contributed by atoms with van der Waals surface area (Å²) >= 11 is 0. The fourth-order valence-electron chi connectivity index (χ4n) is 2.71. The van der Waals surface area contributed by atoms with Gasteiger partial charge >= 0.3 is 5.97 Å². The van der Waals surface area contributed by atoms with Gasteiger partial charge in [-0.15, -0.1) is 0 Å². The maximum absolute atomic E-state index is 12.9. The van der Waals surface area contributed by atoms with Gasteiger partial charge in [-0.25, -0.2) is 0 Å². The predicted octanol–water partition coefficient (Wildman–Crippen LogP) is 2.89. The molecular formula is C17H23NO3. The molecule has 1 aromatic rings. The Morgan fingerprint density at radius 1 is 1.29 bits per heavy atom. The van der Waals surface area contributed by atoms with Crippen LogP contribution >= 0.6 is 0 Å². The molecule has 0 spiro atoms. The molecule has 0 saturated heterocycles. The molecule has 0 radical (unpaired) electrons. The number of carboxylic acid groups (broad SMARTS) is 1. The minimum absolute atomic E-state index is 0.0412. The molecule has 114 valence electrons. The van der Waals surface area contributed by atoms with Gasteiger partial charge in [0.05, 0.1) is 5.92 Å². The van der Waals surface area contributed by atoms with Gasteiger partial charge in [-0.2, -0.15) is 0 Å². The van der Waals surface area contributed by atoms with Crippen molar-refractivity contribution in [3.8, 4) is 0 Å². The van der Waals surface area contributed by atoms with Crippen molar-refractivity contribution < 1.29 is 14.7 Å². The van der Waals surface area contributed by atoms with Crippen molar-refractivity contribution in [1.29, 1.82) is 0 Å². The number of aliphatic carboxylic acids is 1. The van der Waals surface area contributed by atoms with Crippen molar-refractivity contribution >= 4 is 11.9 Å². The molecule has 4 heteroatoms. The van der Waals surface area contributed by atoms with E-state index in [0.717, 1.165) is 24.8 Å². The number of nitrogens with zero attached hydrogens (tertiary/aromatic N) is 1. The van der Waals surface area contributed by atoms with Gasteiger partial charge in [0.25, 0.3) is 0 Å². The van der Waals surface area contributed by atoms with Gasteiger partial charge in [0.2, 0.25) is 5.91 Å². The summed E-state index contributed by atoms with van der Waals surface area (Å²) in [5.41, 5.74) is 0.980. The number of carbonyl (C=O) groups excluding carboxylic acids is 1. The summed E-state index contributed by atoms with van der Waals surface area (Å²) in [6, 6.07) is 9.82. The molecule has 0 aromatic heterocycles. The van der Waals surface area contributed by atoms with E-state index in [1.165, 1.54) is 0 Å². The lowest BCUT2D eigenvalue weighted by Crippen LogP contribution is -2.42. The molecule has 0 bridgehead atoms. The highest BCUT2D eigenvalue weighted by molar-refractivity contribution is 5.87. The van der Waals surface area contributed by atoms with Crippen LogP contribution in [-0.4, -0.2) is 34.5 Å². The van der Waals surface area contributed by atoms with Gasteiger partial charge in [0.1, 0.15) is 6.54 Å². The maximum Gasteiger partial charge on any atom is 0.323 e. The van der Waals surface area contributed by atoms with Crippen molar-refractivity contribution in [3.05, 3.63) is 35.9 Å². The van der Waals surface area contributed by atoms with Crippen LogP contribution in [0, 0.1) is 5.92 Å². The molecule has 2 unspecified atom stereocenters. The molecule has 1 fully saturated rings. The number of carboxylic acids is 1. The molecule has 1 saturated carbocycles. The van der Waals surface area contributed by atoms with Crippen LogP contribution in [-0.2, 0) is 9.59 Å². The number of carbonyl (C=O) groups is 2. The Hall–Kier alpha value is -1.84. The third-order valence-electron chi connectivity index (χ3n) is 4.21. The first-order valence-corrected chi connectivity index (χ1v) is 7.61. The van der Waals surface area contributed by atoms with Gasteiger partial charge in [-0.05, 0) is 24.3 Å². The molecule has 2 rings (SSSR count). The molecule has 1 amide bonds. The second-order valence-corrected chi connectivity index (χ2v) is 5.86. The quantitative estimate of drug-likeness (QED) is 0.839. The van der Waals surface area contributed by atoms with E-state index in [2.05, 4.69) is 13.8 Å². The van der Waals surface area contributed by atoms with Gasteiger partial charge < -0.3 is 10.0 Å². The average molecular weight is 289 g/mol. The minimum Gasteiger partial charge on any atom is -0.480 e. The lowest BCUT2D eigenvalue weighted by molar-refractivity contribution is -0.146. The Morgan fingerprint density at radius 2 is 1.90 bits per heavy atom. The molecule has 1 aliphatic rings. The van der Waals surface area contributed by atoms with E-state index in [0.29, 0.717) is 0 Å². The molecule has 21 heavy (non-hydrogen) atoms. The summed E-state index contributed by atoms with van der Waals surface area (Å²) in [6.45, 7) is 3.93. The van der Waals surface area contributed by atoms with Crippen molar-refractivity contribution in [1.82, 2.24) is 4.90 Å². The van der Waals surface area contributed by atoms with E-state index in [-0.39, 0.29) is 30.3 Å². The predicted molar refractivity (Wildman–Crippen MR) is 81.0 cm³/mol. The Labute approximate surface area is 125 Å². The summed E-state index contributed by atoms with van der Waals surface area (Å²) in [5.74, 6) is -1.04. The Morgan fingerprint density at radius 3 is 2.38 bits per heavy atom. The third kappa shape index (κ3) is 3.84. The molecule has 1 N–H and O–H groups in total. The molecule has 0 aliphatic heterocycles. The molecule has 0 heterocycles. The summed E-state index contributed by atoms with van der Waals surface area (Å²) in [5, 5.41) is 9.06. The number of rotatable bonds is 7. The molecule has 1 aromatic carbocycles. The van der Waals surface area contributed by atoms with E-state index in [1.807, 2.05) is 30.3 Å². The van der Waals surface area contributed by atoms with Crippen molar-refractivity contribution in [2.75, 3.05) is 6.54 Å². The van der Waals surface area contributed by atoms with Gasteiger partial charge in [-0.1, -0.05) is 50.6 Å². The van der Waals surface area contributed by atoms with Crippen LogP contribution < -0.4 is 0 Å². The first kappa shape index (κ1) is 15.5. The number of benzene rings is 1. The molecular weight excluding hydrogens is 266 g/mol. The lowest BCUT2D eigenvalue weighted by Gasteiger charge is -2.29. The van der Waals surface area contributed by atoms with E-state index >= 15 is 0 Å². The Kier molecular flexibility index (Phi) is 4.99. The summed E-state index contributed by atoms with van der Waals surface area (Å²) in [4.78, 5) is 25.5. The maximum atomic E-state index is 12.9.